The fourth-order valence-corrected chi connectivity index (χ4v) is 6.89. The van der Waals surface area contributed by atoms with Gasteiger partial charge in [0.25, 0.3) is 0 Å². The second-order valence-electron chi connectivity index (χ2n) is 10.4. The average molecular weight is 424 g/mol. The van der Waals surface area contributed by atoms with Crippen molar-refractivity contribution in [1.29, 1.82) is 0 Å². The maximum absolute atomic E-state index is 13.1. The second-order valence-corrected chi connectivity index (χ2v) is 10.4. The van der Waals surface area contributed by atoms with Gasteiger partial charge in [-0.1, -0.05) is 62.4 Å². The van der Waals surface area contributed by atoms with Crippen molar-refractivity contribution >= 4 is 11.9 Å². The molecule has 3 aliphatic heterocycles. The number of hydrogen-bond acceptors (Lipinski definition) is 2. The minimum Gasteiger partial charge on any atom is -0.336 e. The van der Waals surface area contributed by atoms with Gasteiger partial charge < -0.3 is 15.1 Å². The molecule has 168 valence electrons. The van der Waals surface area contributed by atoms with Crippen LogP contribution in [0.3, 0.4) is 0 Å². The lowest BCUT2D eigenvalue weighted by Crippen LogP contribution is -2.66. The summed E-state index contributed by atoms with van der Waals surface area (Å²) in [6.45, 7) is 2.16. The molecular formula is C26H37N3O2. The minimum absolute atomic E-state index is 0.0607. The molecule has 4 aliphatic rings. The molecule has 5 nitrogen and oxygen atoms in total. The van der Waals surface area contributed by atoms with E-state index in [9.17, 15) is 9.59 Å². The Balaban J connectivity index is 1.30. The predicted molar refractivity (Wildman–Crippen MR) is 121 cm³/mol. The van der Waals surface area contributed by atoms with Gasteiger partial charge in [-0.3, -0.25) is 4.79 Å². The first-order valence-electron chi connectivity index (χ1n) is 12.6. The monoisotopic (exact) mass is 423 g/mol. The van der Waals surface area contributed by atoms with Crippen molar-refractivity contribution in [2.45, 2.75) is 82.8 Å². The van der Waals surface area contributed by atoms with Crippen LogP contribution in [0.25, 0.3) is 0 Å². The third kappa shape index (κ3) is 4.47. The molecule has 3 heterocycles. The third-order valence-electron chi connectivity index (χ3n) is 8.37. The molecule has 3 amide bonds. The lowest BCUT2D eigenvalue weighted by Gasteiger charge is -2.57. The van der Waals surface area contributed by atoms with Crippen molar-refractivity contribution in [2.75, 3.05) is 13.1 Å². The zero-order chi connectivity index (χ0) is 21.2. The lowest BCUT2D eigenvalue weighted by atomic mass is 9.69. The quantitative estimate of drug-likeness (QED) is 0.771. The van der Waals surface area contributed by atoms with E-state index in [-0.39, 0.29) is 6.03 Å². The van der Waals surface area contributed by atoms with E-state index in [2.05, 4.69) is 27.2 Å². The molecule has 0 unspecified atom stereocenters. The van der Waals surface area contributed by atoms with Crippen molar-refractivity contribution in [1.82, 2.24) is 15.1 Å². The Morgan fingerprint density at radius 3 is 2.55 bits per heavy atom. The molecular weight excluding hydrogens is 386 g/mol. The number of nitrogens with zero attached hydrogens (tertiary/aromatic N) is 2. The number of benzene rings is 1. The first kappa shape index (κ1) is 20.8. The molecule has 2 bridgehead atoms. The van der Waals surface area contributed by atoms with E-state index in [0.29, 0.717) is 36.4 Å². The molecule has 5 rings (SSSR count). The van der Waals surface area contributed by atoms with Crippen LogP contribution in [0.4, 0.5) is 4.79 Å². The summed E-state index contributed by atoms with van der Waals surface area (Å²) in [5, 5.41) is 3.14. The summed E-state index contributed by atoms with van der Waals surface area (Å²) >= 11 is 0. The second kappa shape index (κ2) is 9.22. The zero-order valence-corrected chi connectivity index (χ0v) is 18.7. The largest absolute Gasteiger partial charge is 0.336 e. The highest BCUT2D eigenvalue weighted by Gasteiger charge is 2.50. The molecule has 1 saturated carbocycles. The van der Waals surface area contributed by atoms with Crippen LogP contribution in [-0.4, -0.2) is 46.9 Å². The number of hydrogen-bond donors (Lipinski definition) is 1. The van der Waals surface area contributed by atoms with Crippen molar-refractivity contribution in [3.05, 3.63) is 35.9 Å². The minimum atomic E-state index is 0.0607. The maximum Gasteiger partial charge on any atom is 0.317 e. The number of amides is 3. The van der Waals surface area contributed by atoms with Crippen LogP contribution in [-0.2, 0) is 11.3 Å². The zero-order valence-electron chi connectivity index (χ0n) is 18.7. The fourth-order valence-electron chi connectivity index (χ4n) is 6.89. The number of nitrogens with one attached hydrogen (secondary N) is 1. The number of piperidine rings is 3. The van der Waals surface area contributed by atoms with E-state index in [1.54, 1.807) is 0 Å². The van der Waals surface area contributed by atoms with Gasteiger partial charge in [0.1, 0.15) is 0 Å². The standard InChI is InChI=1S/C26H37N3O2/c30-25-13-7-12-23-21-15-22(24(29(23)25)14-19-8-3-1-4-9-19)18-28(17-21)26(31)27-16-20-10-5-2-6-11-20/h2,5-6,10-11,19,21-24H,1,3-4,7-9,12-18H2,(H,27,31)/t21-,22+,23+,24+/m1/s1. The smallest absolute Gasteiger partial charge is 0.317 e. The van der Waals surface area contributed by atoms with Crippen LogP contribution < -0.4 is 5.32 Å². The highest BCUT2D eigenvalue weighted by molar-refractivity contribution is 5.78. The van der Waals surface area contributed by atoms with Crippen LogP contribution in [0.2, 0.25) is 0 Å². The van der Waals surface area contributed by atoms with E-state index < -0.39 is 0 Å². The molecule has 0 spiro atoms. The lowest BCUT2D eigenvalue weighted by molar-refractivity contribution is -0.152. The molecule has 4 atom stereocenters. The summed E-state index contributed by atoms with van der Waals surface area (Å²) < 4.78 is 0. The molecule has 1 aromatic carbocycles. The van der Waals surface area contributed by atoms with Gasteiger partial charge in [-0.2, -0.15) is 0 Å². The third-order valence-corrected chi connectivity index (χ3v) is 8.37. The number of rotatable bonds is 4. The molecule has 0 radical (unpaired) electrons. The van der Waals surface area contributed by atoms with Gasteiger partial charge in [0.05, 0.1) is 0 Å². The molecule has 1 aliphatic carbocycles. The van der Waals surface area contributed by atoms with Gasteiger partial charge in [0, 0.05) is 38.1 Å². The average Bonchev–Trinajstić information content (AvgIpc) is 2.81. The van der Waals surface area contributed by atoms with Gasteiger partial charge in [0.15, 0.2) is 0 Å². The number of fused-ring (bicyclic) bond motifs is 4. The fraction of sp³-hybridized carbons (Fsp3) is 0.692. The van der Waals surface area contributed by atoms with Crippen molar-refractivity contribution in [2.24, 2.45) is 17.8 Å². The normalized spacial score (nSPS) is 31.3. The first-order valence-corrected chi connectivity index (χ1v) is 12.6. The van der Waals surface area contributed by atoms with E-state index in [1.807, 2.05) is 18.2 Å². The van der Waals surface area contributed by atoms with Crippen molar-refractivity contribution in [3.8, 4) is 0 Å². The molecule has 3 saturated heterocycles. The van der Waals surface area contributed by atoms with E-state index >= 15 is 0 Å². The van der Waals surface area contributed by atoms with Crippen molar-refractivity contribution < 1.29 is 9.59 Å². The number of carbonyl (C=O) groups excluding carboxylic acids is 2. The molecule has 1 aromatic rings. The molecule has 4 fully saturated rings. The van der Waals surface area contributed by atoms with Crippen LogP contribution in [0, 0.1) is 17.8 Å². The summed E-state index contributed by atoms with van der Waals surface area (Å²) in [6, 6.07) is 10.9. The SMILES string of the molecule is O=C(NCc1ccccc1)N1C[C@H]2C[C@@H](C1)[C@H](CC1CCCCC1)N1C(=O)CCC[C@@H]21. The van der Waals surface area contributed by atoms with Gasteiger partial charge in [-0.05, 0) is 49.0 Å². The highest BCUT2D eigenvalue weighted by atomic mass is 16.2. The summed E-state index contributed by atoms with van der Waals surface area (Å²) in [6.07, 6.45) is 11.9. The Hall–Kier alpha value is -2.04. The van der Waals surface area contributed by atoms with E-state index in [1.165, 1.54) is 38.5 Å². The van der Waals surface area contributed by atoms with Crippen molar-refractivity contribution in [3.63, 3.8) is 0 Å². The van der Waals surface area contributed by atoms with Crippen LogP contribution in [0.5, 0.6) is 0 Å². The topological polar surface area (TPSA) is 52.7 Å². The van der Waals surface area contributed by atoms with E-state index in [4.69, 9.17) is 0 Å². The Labute approximate surface area is 186 Å². The number of likely N-dealkylation sites (tertiary alicyclic amines) is 1. The Kier molecular flexibility index (Phi) is 6.20. The molecule has 0 aromatic heterocycles. The highest BCUT2D eigenvalue weighted by Crippen LogP contribution is 2.44. The summed E-state index contributed by atoms with van der Waals surface area (Å²) in [5.41, 5.74) is 1.13. The molecule has 5 heteroatoms. The van der Waals surface area contributed by atoms with Gasteiger partial charge in [0.2, 0.25) is 5.91 Å². The molecule has 31 heavy (non-hydrogen) atoms. The number of urea groups is 1. The summed E-state index contributed by atoms with van der Waals surface area (Å²) in [5.74, 6) is 2.01. The van der Waals surface area contributed by atoms with Crippen LogP contribution in [0.1, 0.15) is 69.8 Å². The Morgan fingerprint density at radius 2 is 1.74 bits per heavy atom. The molecule has 1 N–H and O–H groups in total. The van der Waals surface area contributed by atoms with Crippen LogP contribution in [0.15, 0.2) is 30.3 Å². The van der Waals surface area contributed by atoms with Gasteiger partial charge >= 0.3 is 6.03 Å². The maximum atomic E-state index is 13.1. The Morgan fingerprint density at radius 1 is 0.968 bits per heavy atom. The predicted octanol–water partition coefficient (Wildman–Crippen LogP) is 4.57. The van der Waals surface area contributed by atoms with Gasteiger partial charge in [-0.15, -0.1) is 0 Å². The van der Waals surface area contributed by atoms with Gasteiger partial charge in [-0.25, -0.2) is 4.79 Å². The Bertz CT molecular complexity index is 776. The summed E-state index contributed by atoms with van der Waals surface area (Å²) in [4.78, 5) is 30.5. The van der Waals surface area contributed by atoms with Crippen LogP contribution >= 0.6 is 0 Å². The van der Waals surface area contributed by atoms with E-state index in [0.717, 1.165) is 50.3 Å². The summed E-state index contributed by atoms with van der Waals surface area (Å²) in [7, 11) is 0. The number of carbonyl (C=O) groups is 2. The first-order chi connectivity index (χ1) is 15.2.